The van der Waals surface area contributed by atoms with E-state index < -0.39 is 0 Å². The summed E-state index contributed by atoms with van der Waals surface area (Å²) in [6.07, 6.45) is 0.365. The van der Waals surface area contributed by atoms with Crippen LogP contribution in [0.1, 0.15) is 6.42 Å². The van der Waals surface area contributed by atoms with Crippen LogP contribution >= 0.6 is 23.4 Å². The molecule has 2 nitrogen and oxygen atoms in total. The average molecular weight is 235 g/mol. The first-order chi connectivity index (χ1) is 6.72. The zero-order valence-corrected chi connectivity index (χ0v) is 10.3. The standard InChI is InChI=1S/C10H11ClNOS.Li/c1-12-10(13)6-7-14-9-4-2-8(11)3-5-9;/h2-5,7H,6H2,1H3,(H,12,13);/p-1. The van der Waals surface area contributed by atoms with E-state index in [2.05, 4.69) is 4.99 Å². The van der Waals surface area contributed by atoms with Crippen LogP contribution in [0.5, 0.6) is 0 Å². The molecule has 0 bridgehead atoms. The van der Waals surface area contributed by atoms with Crippen molar-refractivity contribution in [1.82, 2.24) is 0 Å². The van der Waals surface area contributed by atoms with Crippen molar-refractivity contribution in [1.29, 1.82) is 0 Å². The summed E-state index contributed by atoms with van der Waals surface area (Å²) < 4.78 is 0. The molecule has 1 aromatic carbocycles. The predicted octanol–water partition coefficient (Wildman–Crippen LogP) is 1.99. The van der Waals surface area contributed by atoms with E-state index in [-0.39, 0.29) is 24.8 Å². The quantitative estimate of drug-likeness (QED) is 0.346. The molecule has 0 heterocycles. The van der Waals surface area contributed by atoms with Crippen molar-refractivity contribution in [2.45, 2.75) is 11.3 Å². The third-order valence-corrected chi connectivity index (χ3v) is 2.67. The molecule has 0 amide bonds. The summed E-state index contributed by atoms with van der Waals surface area (Å²) in [4.78, 5) is 4.60. The molecular formula is C10H10ClLiNOS-. The van der Waals surface area contributed by atoms with Crippen molar-refractivity contribution in [3.63, 3.8) is 0 Å². The molecule has 1 aromatic rings. The van der Waals surface area contributed by atoms with E-state index in [9.17, 15) is 5.11 Å². The molecule has 0 saturated carbocycles. The number of hydrogen-bond acceptors (Lipinski definition) is 3. The Hall–Kier alpha value is -0.0726. The number of nitrogens with zero attached hydrogens (tertiary/aromatic N) is 1. The van der Waals surface area contributed by atoms with Crippen molar-refractivity contribution in [3.05, 3.63) is 35.0 Å². The van der Waals surface area contributed by atoms with E-state index in [0.29, 0.717) is 11.4 Å². The molecule has 2 radical (unpaired) electrons. The molecule has 0 N–H and O–H groups in total. The van der Waals surface area contributed by atoms with Gasteiger partial charge in [0.15, 0.2) is 0 Å². The SMILES string of the molecule is CN=C([O-])C[CH]Sc1ccc(Cl)cc1.[Li]. The molecule has 0 saturated heterocycles. The number of rotatable bonds is 4. The molecule has 0 aliphatic heterocycles. The van der Waals surface area contributed by atoms with Crippen molar-refractivity contribution in [2.24, 2.45) is 4.99 Å². The first-order valence-corrected chi connectivity index (χ1v) is 5.34. The van der Waals surface area contributed by atoms with E-state index in [1.165, 1.54) is 18.8 Å². The van der Waals surface area contributed by atoms with Gasteiger partial charge in [0.2, 0.25) is 0 Å². The Kier molecular flexibility index (Phi) is 8.08. The van der Waals surface area contributed by atoms with Gasteiger partial charge in [-0.2, -0.15) is 0 Å². The molecule has 0 atom stereocenters. The van der Waals surface area contributed by atoms with E-state index in [0.717, 1.165) is 4.90 Å². The predicted molar refractivity (Wildman–Crippen MR) is 65.3 cm³/mol. The number of benzene rings is 1. The molecule has 0 aliphatic rings. The Balaban J connectivity index is 0.00000196. The zero-order chi connectivity index (χ0) is 10.4. The van der Waals surface area contributed by atoms with Crippen LogP contribution in [0, 0.1) is 5.75 Å². The maximum Gasteiger partial charge on any atom is 0.0406 e. The number of halogens is 1. The molecule has 0 aromatic heterocycles. The second-order valence-corrected chi connectivity index (χ2v) is 4.04. The van der Waals surface area contributed by atoms with Gasteiger partial charge in [-0.3, -0.25) is 0 Å². The van der Waals surface area contributed by atoms with Crippen LogP contribution in [-0.4, -0.2) is 31.8 Å². The molecule has 1 rings (SSSR count). The fraction of sp³-hybridized carbons (Fsp3) is 0.200. The first kappa shape index (κ1) is 14.9. The number of aliphatic imine (C=N–C) groups is 1. The molecule has 0 unspecified atom stereocenters. The third kappa shape index (κ3) is 6.16. The molecule has 0 spiro atoms. The zero-order valence-electron chi connectivity index (χ0n) is 8.74. The van der Waals surface area contributed by atoms with E-state index in [1.54, 1.807) is 0 Å². The first-order valence-electron chi connectivity index (χ1n) is 4.09. The summed E-state index contributed by atoms with van der Waals surface area (Å²) in [7, 11) is 1.50. The van der Waals surface area contributed by atoms with Crippen LogP contribution in [0.15, 0.2) is 34.2 Å². The fourth-order valence-electron chi connectivity index (χ4n) is 0.814. The van der Waals surface area contributed by atoms with Gasteiger partial charge in [0.25, 0.3) is 0 Å². The van der Waals surface area contributed by atoms with Crippen molar-refractivity contribution < 1.29 is 5.11 Å². The Morgan fingerprint density at radius 3 is 2.60 bits per heavy atom. The Morgan fingerprint density at radius 1 is 1.47 bits per heavy atom. The normalized spacial score (nSPS) is 10.9. The summed E-state index contributed by atoms with van der Waals surface area (Å²) >= 11 is 7.24. The topological polar surface area (TPSA) is 35.4 Å². The molecule has 0 fully saturated rings. The summed E-state index contributed by atoms with van der Waals surface area (Å²) in [6.45, 7) is 0. The molecule has 15 heavy (non-hydrogen) atoms. The minimum absolute atomic E-state index is 0. The van der Waals surface area contributed by atoms with Crippen LogP contribution < -0.4 is 5.11 Å². The summed E-state index contributed by atoms with van der Waals surface area (Å²) in [5, 5.41) is 11.5. The number of thioether (sulfide) groups is 1. The van der Waals surface area contributed by atoms with Crippen LogP contribution in [0.2, 0.25) is 5.02 Å². The second kappa shape index (κ2) is 8.12. The second-order valence-electron chi connectivity index (χ2n) is 2.56. The monoisotopic (exact) mass is 234 g/mol. The fourth-order valence-corrected chi connectivity index (χ4v) is 1.65. The van der Waals surface area contributed by atoms with Crippen LogP contribution in [0.25, 0.3) is 0 Å². The van der Waals surface area contributed by atoms with Gasteiger partial charge in [-0.05, 0) is 36.6 Å². The van der Waals surface area contributed by atoms with Gasteiger partial charge < -0.3 is 10.1 Å². The molecule has 76 valence electrons. The average Bonchev–Trinajstić information content (AvgIpc) is 2.21. The summed E-state index contributed by atoms with van der Waals surface area (Å²) in [5.41, 5.74) is 0. The minimum Gasteiger partial charge on any atom is -0.862 e. The van der Waals surface area contributed by atoms with E-state index in [4.69, 9.17) is 11.6 Å². The smallest absolute Gasteiger partial charge is 0.0406 e. The Morgan fingerprint density at radius 2 is 2.07 bits per heavy atom. The largest absolute Gasteiger partial charge is 0.862 e. The minimum atomic E-state index is -0.105. The molecular weight excluding hydrogens is 225 g/mol. The van der Waals surface area contributed by atoms with Gasteiger partial charge in [-0.1, -0.05) is 11.6 Å². The van der Waals surface area contributed by atoms with Crippen molar-refractivity contribution in [2.75, 3.05) is 7.05 Å². The number of hydrogen-bond donors (Lipinski definition) is 0. The third-order valence-electron chi connectivity index (χ3n) is 1.54. The van der Waals surface area contributed by atoms with Crippen LogP contribution in [0.4, 0.5) is 0 Å². The van der Waals surface area contributed by atoms with Crippen LogP contribution in [0.3, 0.4) is 0 Å². The summed E-state index contributed by atoms with van der Waals surface area (Å²) in [5.74, 6) is 1.73. The van der Waals surface area contributed by atoms with Gasteiger partial charge in [0, 0.05) is 41.6 Å². The van der Waals surface area contributed by atoms with Gasteiger partial charge in [0.1, 0.15) is 0 Å². The Bertz CT molecular complexity index is 316. The molecule has 0 aliphatic carbocycles. The van der Waals surface area contributed by atoms with Gasteiger partial charge >= 0.3 is 0 Å². The van der Waals surface area contributed by atoms with Crippen molar-refractivity contribution >= 4 is 48.1 Å². The Labute approximate surface area is 111 Å². The summed E-state index contributed by atoms with van der Waals surface area (Å²) in [6, 6.07) is 7.47. The van der Waals surface area contributed by atoms with E-state index >= 15 is 0 Å². The maximum atomic E-state index is 10.8. The molecule has 5 heteroatoms. The van der Waals surface area contributed by atoms with Crippen molar-refractivity contribution in [3.8, 4) is 0 Å². The van der Waals surface area contributed by atoms with Crippen LogP contribution in [-0.2, 0) is 0 Å². The maximum absolute atomic E-state index is 10.8. The van der Waals surface area contributed by atoms with Gasteiger partial charge in [-0.15, -0.1) is 11.8 Å². The van der Waals surface area contributed by atoms with Gasteiger partial charge in [0.05, 0.1) is 0 Å². The van der Waals surface area contributed by atoms with E-state index in [1.807, 2.05) is 30.0 Å². The van der Waals surface area contributed by atoms with Gasteiger partial charge in [-0.25, -0.2) is 0 Å².